The first-order valence-electron chi connectivity index (χ1n) is 8.51. The van der Waals surface area contributed by atoms with Crippen LogP contribution in [0.25, 0.3) is 33.3 Å². The van der Waals surface area contributed by atoms with Crippen LogP contribution in [0.3, 0.4) is 0 Å². The van der Waals surface area contributed by atoms with Gasteiger partial charge in [0.25, 0.3) is 0 Å². The summed E-state index contributed by atoms with van der Waals surface area (Å²) in [5, 5.41) is 0.849. The Kier molecular flexibility index (Phi) is 3.31. The lowest BCUT2D eigenvalue weighted by atomic mass is 9.97. The second kappa shape index (κ2) is 5.81. The molecule has 1 aliphatic heterocycles. The Hall–Kier alpha value is -3.47. The summed E-state index contributed by atoms with van der Waals surface area (Å²) in [4.78, 5) is 13.0. The predicted molar refractivity (Wildman–Crippen MR) is 102 cm³/mol. The highest BCUT2D eigenvalue weighted by Crippen LogP contribution is 2.35. The van der Waals surface area contributed by atoms with Crippen LogP contribution in [0, 0.1) is 0 Å². The van der Waals surface area contributed by atoms with Crippen LogP contribution in [0.15, 0.2) is 61.1 Å². The number of rotatable bonds is 2. The molecule has 2 aromatic carbocycles. The second-order valence-corrected chi connectivity index (χ2v) is 6.31. The van der Waals surface area contributed by atoms with Gasteiger partial charge in [0.1, 0.15) is 17.9 Å². The number of nitrogens with zero attached hydrogens (tertiary/aromatic N) is 3. The van der Waals surface area contributed by atoms with Crippen LogP contribution in [0.2, 0.25) is 0 Å². The van der Waals surface area contributed by atoms with Crippen molar-refractivity contribution < 1.29 is 4.74 Å². The molecule has 0 unspecified atom stereocenters. The third kappa shape index (κ3) is 2.37. The Morgan fingerprint density at radius 1 is 0.923 bits per heavy atom. The molecule has 0 atom stereocenters. The molecule has 0 amide bonds. The van der Waals surface area contributed by atoms with Crippen molar-refractivity contribution in [1.82, 2.24) is 15.0 Å². The van der Waals surface area contributed by atoms with E-state index in [2.05, 4.69) is 33.2 Å². The first-order chi connectivity index (χ1) is 12.8. The lowest BCUT2D eigenvalue weighted by Gasteiger charge is -2.11. The highest BCUT2D eigenvalue weighted by molar-refractivity contribution is 5.93. The summed E-state index contributed by atoms with van der Waals surface area (Å²) in [6, 6.07) is 16.3. The highest BCUT2D eigenvalue weighted by atomic mass is 16.5. The molecule has 0 spiro atoms. The number of fused-ring (bicyclic) bond motifs is 2. The summed E-state index contributed by atoms with van der Waals surface area (Å²) < 4.78 is 5.62. The SMILES string of the molecule is Nc1ncnc2ccc(-c3cccnc3-c3ccc4c(c3)CCO4)cc12. The largest absolute Gasteiger partial charge is 0.493 e. The van der Waals surface area contributed by atoms with E-state index in [0.717, 1.165) is 52.1 Å². The van der Waals surface area contributed by atoms with E-state index in [0.29, 0.717) is 5.82 Å². The molecule has 0 radical (unpaired) electrons. The zero-order chi connectivity index (χ0) is 17.5. The molecule has 2 aromatic heterocycles. The topological polar surface area (TPSA) is 73.9 Å². The maximum absolute atomic E-state index is 6.03. The van der Waals surface area contributed by atoms with E-state index in [1.54, 1.807) is 0 Å². The number of ether oxygens (including phenoxy) is 1. The summed E-state index contributed by atoms with van der Waals surface area (Å²) >= 11 is 0. The van der Waals surface area contributed by atoms with Crippen LogP contribution in [-0.4, -0.2) is 21.6 Å². The molecular formula is C21H16N4O. The van der Waals surface area contributed by atoms with Crippen molar-refractivity contribution in [3.05, 3.63) is 66.6 Å². The fourth-order valence-corrected chi connectivity index (χ4v) is 3.45. The highest BCUT2D eigenvalue weighted by Gasteiger charge is 2.15. The molecule has 5 rings (SSSR count). The van der Waals surface area contributed by atoms with Crippen molar-refractivity contribution in [2.45, 2.75) is 6.42 Å². The van der Waals surface area contributed by atoms with Gasteiger partial charge >= 0.3 is 0 Å². The molecule has 4 aromatic rings. The zero-order valence-corrected chi connectivity index (χ0v) is 14.0. The van der Waals surface area contributed by atoms with E-state index >= 15 is 0 Å². The Labute approximate surface area is 150 Å². The minimum Gasteiger partial charge on any atom is -0.493 e. The second-order valence-electron chi connectivity index (χ2n) is 6.31. The fourth-order valence-electron chi connectivity index (χ4n) is 3.45. The van der Waals surface area contributed by atoms with Gasteiger partial charge in [-0.3, -0.25) is 4.98 Å². The number of anilines is 1. The number of hydrogen-bond acceptors (Lipinski definition) is 5. The van der Waals surface area contributed by atoms with Crippen molar-refractivity contribution in [3.63, 3.8) is 0 Å². The molecule has 5 nitrogen and oxygen atoms in total. The quantitative estimate of drug-likeness (QED) is 0.599. The minimum absolute atomic E-state index is 0.483. The van der Waals surface area contributed by atoms with Gasteiger partial charge in [-0.25, -0.2) is 9.97 Å². The molecular weight excluding hydrogens is 324 g/mol. The van der Waals surface area contributed by atoms with Crippen molar-refractivity contribution >= 4 is 16.7 Å². The molecule has 5 heteroatoms. The molecule has 3 heterocycles. The molecule has 0 bridgehead atoms. The van der Waals surface area contributed by atoms with Gasteiger partial charge in [-0.05, 0) is 47.5 Å². The Morgan fingerprint density at radius 3 is 2.81 bits per heavy atom. The number of nitrogen functional groups attached to an aromatic ring is 1. The van der Waals surface area contributed by atoms with Crippen LogP contribution in [-0.2, 0) is 6.42 Å². The first kappa shape index (κ1) is 14.8. The molecule has 0 saturated carbocycles. The van der Waals surface area contributed by atoms with Crippen molar-refractivity contribution in [1.29, 1.82) is 0 Å². The smallest absolute Gasteiger partial charge is 0.134 e. The lowest BCUT2D eigenvalue weighted by Crippen LogP contribution is -1.94. The molecule has 126 valence electrons. The predicted octanol–water partition coefficient (Wildman–Crippen LogP) is 3.88. The van der Waals surface area contributed by atoms with Gasteiger partial charge in [0.2, 0.25) is 0 Å². The third-order valence-corrected chi connectivity index (χ3v) is 4.75. The van der Waals surface area contributed by atoms with Gasteiger partial charge in [0, 0.05) is 29.1 Å². The molecule has 0 fully saturated rings. The summed E-state index contributed by atoms with van der Waals surface area (Å²) in [5.74, 6) is 1.46. The van der Waals surface area contributed by atoms with Crippen LogP contribution < -0.4 is 10.5 Å². The zero-order valence-electron chi connectivity index (χ0n) is 14.0. The van der Waals surface area contributed by atoms with Gasteiger partial charge in [0.15, 0.2) is 0 Å². The Morgan fingerprint density at radius 2 is 1.85 bits per heavy atom. The van der Waals surface area contributed by atoms with E-state index < -0.39 is 0 Å². The maximum Gasteiger partial charge on any atom is 0.134 e. The van der Waals surface area contributed by atoms with Crippen molar-refractivity contribution in [3.8, 4) is 28.1 Å². The van der Waals surface area contributed by atoms with Gasteiger partial charge in [-0.2, -0.15) is 0 Å². The van der Waals surface area contributed by atoms with Crippen LogP contribution >= 0.6 is 0 Å². The van der Waals surface area contributed by atoms with Gasteiger partial charge < -0.3 is 10.5 Å². The molecule has 0 aliphatic carbocycles. The van der Waals surface area contributed by atoms with Crippen molar-refractivity contribution in [2.75, 3.05) is 12.3 Å². The van der Waals surface area contributed by atoms with E-state index in [9.17, 15) is 0 Å². The summed E-state index contributed by atoms with van der Waals surface area (Å²) in [5.41, 5.74) is 12.2. The number of hydrogen-bond donors (Lipinski definition) is 1. The monoisotopic (exact) mass is 340 g/mol. The van der Waals surface area contributed by atoms with Gasteiger partial charge in [-0.1, -0.05) is 12.1 Å². The van der Waals surface area contributed by atoms with E-state index in [4.69, 9.17) is 10.5 Å². The average molecular weight is 340 g/mol. The van der Waals surface area contributed by atoms with Gasteiger partial charge in [-0.15, -0.1) is 0 Å². The maximum atomic E-state index is 6.03. The van der Waals surface area contributed by atoms with E-state index in [1.165, 1.54) is 11.9 Å². The first-order valence-corrected chi connectivity index (χ1v) is 8.51. The summed E-state index contributed by atoms with van der Waals surface area (Å²) in [6.45, 7) is 0.748. The van der Waals surface area contributed by atoms with Crippen LogP contribution in [0.4, 0.5) is 5.82 Å². The molecule has 2 N–H and O–H groups in total. The summed E-state index contributed by atoms with van der Waals surface area (Å²) in [7, 11) is 0. The fraction of sp³-hybridized carbons (Fsp3) is 0.0952. The Bertz CT molecular complexity index is 1140. The number of aromatic nitrogens is 3. The third-order valence-electron chi connectivity index (χ3n) is 4.75. The van der Waals surface area contributed by atoms with Crippen LogP contribution in [0.5, 0.6) is 5.75 Å². The number of pyridine rings is 1. The summed E-state index contributed by atoms with van der Waals surface area (Å²) in [6.07, 6.45) is 4.25. The average Bonchev–Trinajstić information content (AvgIpc) is 3.16. The van der Waals surface area contributed by atoms with E-state index in [1.807, 2.05) is 36.5 Å². The van der Waals surface area contributed by atoms with Gasteiger partial charge in [0.05, 0.1) is 17.8 Å². The lowest BCUT2D eigenvalue weighted by molar-refractivity contribution is 0.357. The van der Waals surface area contributed by atoms with Crippen LogP contribution in [0.1, 0.15) is 5.56 Å². The number of nitrogens with two attached hydrogens (primary N) is 1. The normalized spacial score (nSPS) is 12.8. The molecule has 0 saturated heterocycles. The van der Waals surface area contributed by atoms with Crippen molar-refractivity contribution in [2.24, 2.45) is 0 Å². The standard InChI is InChI=1S/C21H16N4O/c22-21-17-11-13(3-5-18(17)24-12-25-21)16-2-1-8-23-20(16)15-4-6-19-14(10-15)7-9-26-19/h1-6,8,10-12H,7,9H2,(H2,22,24,25). The minimum atomic E-state index is 0.483. The molecule has 1 aliphatic rings. The van der Waals surface area contributed by atoms with E-state index in [-0.39, 0.29) is 0 Å². The Balaban J connectivity index is 1.68. The molecule has 26 heavy (non-hydrogen) atoms. The number of benzene rings is 2.